The number of nitrogens with one attached hydrogen (secondary N) is 1. The number of hydrogen-bond acceptors (Lipinski definition) is 7. The molecule has 1 aromatic heterocycles. The lowest BCUT2D eigenvalue weighted by molar-refractivity contribution is -0.119. The van der Waals surface area contributed by atoms with Crippen LogP contribution >= 0.6 is 0 Å². The number of nitrogens with zero attached hydrogens (tertiary/aromatic N) is 2. The van der Waals surface area contributed by atoms with E-state index in [9.17, 15) is 9.59 Å². The van der Waals surface area contributed by atoms with Crippen LogP contribution in [0.1, 0.15) is 21.7 Å². The number of esters is 1. The maximum atomic E-state index is 12.4. The lowest BCUT2D eigenvalue weighted by atomic mass is 10.1. The summed E-state index contributed by atoms with van der Waals surface area (Å²) in [6.07, 6.45) is 0. The highest BCUT2D eigenvalue weighted by molar-refractivity contribution is 5.98. The number of rotatable bonds is 7. The molecular formula is C18H23N3O6. The maximum absolute atomic E-state index is 12.4. The van der Waals surface area contributed by atoms with Crippen LogP contribution < -0.4 is 19.5 Å². The Morgan fingerprint density at radius 1 is 1.07 bits per heavy atom. The number of anilines is 1. The monoisotopic (exact) mass is 377 g/mol. The van der Waals surface area contributed by atoms with E-state index in [0.29, 0.717) is 17.1 Å². The molecule has 1 aromatic carbocycles. The van der Waals surface area contributed by atoms with E-state index in [-0.39, 0.29) is 17.1 Å². The highest BCUT2D eigenvalue weighted by Crippen LogP contribution is 2.39. The van der Waals surface area contributed by atoms with Crippen molar-refractivity contribution in [2.45, 2.75) is 13.8 Å². The zero-order valence-electron chi connectivity index (χ0n) is 16.2. The third-order valence-corrected chi connectivity index (χ3v) is 4.03. The van der Waals surface area contributed by atoms with Crippen molar-refractivity contribution in [3.63, 3.8) is 0 Å². The van der Waals surface area contributed by atoms with Crippen molar-refractivity contribution < 1.29 is 28.5 Å². The molecule has 1 amide bonds. The van der Waals surface area contributed by atoms with Gasteiger partial charge in [0, 0.05) is 7.05 Å². The van der Waals surface area contributed by atoms with E-state index in [4.69, 9.17) is 18.9 Å². The molecule has 146 valence electrons. The minimum absolute atomic E-state index is 0.122. The number of carbonyl (C=O) groups excluding carboxylic acids is 2. The Hall–Kier alpha value is -3.23. The highest BCUT2D eigenvalue weighted by Gasteiger charge is 2.22. The lowest BCUT2D eigenvalue weighted by Crippen LogP contribution is -2.22. The van der Waals surface area contributed by atoms with Crippen molar-refractivity contribution in [3.05, 3.63) is 29.1 Å². The second kappa shape index (κ2) is 8.43. The summed E-state index contributed by atoms with van der Waals surface area (Å²) in [5.41, 5.74) is 2.20. The molecule has 0 unspecified atom stereocenters. The molecule has 0 fully saturated rings. The van der Waals surface area contributed by atoms with E-state index in [1.807, 2.05) is 6.92 Å². The van der Waals surface area contributed by atoms with E-state index in [0.717, 1.165) is 5.69 Å². The summed E-state index contributed by atoms with van der Waals surface area (Å²) in [5.74, 6) is -0.350. The number of benzene rings is 1. The van der Waals surface area contributed by atoms with Crippen LogP contribution in [0.2, 0.25) is 0 Å². The quantitative estimate of drug-likeness (QED) is 0.735. The number of ether oxygens (including phenoxy) is 4. The Labute approximate surface area is 157 Å². The van der Waals surface area contributed by atoms with Crippen LogP contribution in [0.4, 0.5) is 5.69 Å². The molecule has 9 heteroatoms. The number of carbonyl (C=O) groups is 2. The van der Waals surface area contributed by atoms with E-state index in [1.165, 1.54) is 27.4 Å². The van der Waals surface area contributed by atoms with Gasteiger partial charge in [0.2, 0.25) is 5.75 Å². The number of methoxy groups -OCH3 is 3. The fraction of sp³-hybridized carbons (Fsp3) is 0.389. The van der Waals surface area contributed by atoms with Gasteiger partial charge in [-0.15, -0.1) is 0 Å². The van der Waals surface area contributed by atoms with Crippen LogP contribution in [0.15, 0.2) is 12.1 Å². The minimum atomic E-state index is -0.720. The molecular weight excluding hydrogens is 354 g/mol. The molecule has 9 nitrogen and oxygen atoms in total. The lowest BCUT2D eigenvalue weighted by Gasteiger charge is -2.15. The molecule has 2 aromatic rings. The largest absolute Gasteiger partial charge is 0.493 e. The zero-order valence-corrected chi connectivity index (χ0v) is 16.2. The predicted octanol–water partition coefficient (Wildman–Crippen LogP) is 1.86. The number of aryl methyl sites for hydroxylation is 2. The van der Waals surface area contributed by atoms with Gasteiger partial charge in [0.15, 0.2) is 18.1 Å². The molecule has 0 bridgehead atoms. The molecule has 1 N–H and O–H groups in total. The SMILES string of the molecule is COc1ccc(C(=O)OCC(=O)Nc2c(C)nn(C)c2C)c(OC)c1OC. The molecule has 0 spiro atoms. The Morgan fingerprint density at radius 3 is 2.26 bits per heavy atom. The average molecular weight is 377 g/mol. The molecule has 27 heavy (non-hydrogen) atoms. The van der Waals surface area contributed by atoms with Gasteiger partial charge in [-0.2, -0.15) is 5.10 Å². The van der Waals surface area contributed by atoms with Gasteiger partial charge in [-0.3, -0.25) is 9.48 Å². The van der Waals surface area contributed by atoms with E-state index < -0.39 is 18.5 Å². The molecule has 0 atom stereocenters. The Bertz CT molecular complexity index is 859. The third kappa shape index (κ3) is 4.13. The summed E-state index contributed by atoms with van der Waals surface area (Å²) in [5, 5.41) is 6.92. The van der Waals surface area contributed by atoms with E-state index >= 15 is 0 Å². The van der Waals surface area contributed by atoms with Crippen molar-refractivity contribution in [2.24, 2.45) is 7.05 Å². The summed E-state index contributed by atoms with van der Waals surface area (Å²) < 4.78 is 22.4. The summed E-state index contributed by atoms with van der Waals surface area (Å²) >= 11 is 0. The molecule has 2 rings (SSSR count). The van der Waals surface area contributed by atoms with Crippen LogP contribution in [0.3, 0.4) is 0 Å². The van der Waals surface area contributed by atoms with Crippen LogP contribution in [-0.2, 0) is 16.6 Å². The van der Waals surface area contributed by atoms with Crippen molar-refractivity contribution in [2.75, 3.05) is 33.3 Å². The van der Waals surface area contributed by atoms with Gasteiger partial charge in [0.25, 0.3) is 5.91 Å². The first-order valence-corrected chi connectivity index (χ1v) is 8.10. The Kier molecular flexibility index (Phi) is 6.27. The van der Waals surface area contributed by atoms with Crippen molar-refractivity contribution in [3.8, 4) is 17.2 Å². The van der Waals surface area contributed by atoms with Gasteiger partial charge in [-0.05, 0) is 26.0 Å². The third-order valence-electron chi connectivity index (χ3n) is 4.03. The normalized spacial score (nSPS) is 10.3. The van der Waals surface area contributed by atoms with Crippen LogP contribution in [-0.4, -0.2) is 49.6 Å². The molecule has 0 radical (unpaired) electrons. The van der Waals surface area contributed by atoms with E-state index in [1.54, 1.807) is 24.7 Å². The summed E-state index contributed by atoms with van der Waals surface area (Å²) in [6, 6.07) is 3.04. The topological polar surface area (TPSA) is 101 Å². The molecule has 1 heterocycles. The van der Waals surface area contributed by atoms with Crippen molar-refractivity contribution in [1.82, 2.24) is 9.78 Å². The molecule has 0 aliphatic heterocycles. The Balaban J connectivity index is 2.10. The van der Waals surface area contributed by atoms with Crippen LogP contribution in [0, 0.1) is 13.8 Å². The minimum Gasteiger partial charge on any atom is -0.493 e. The molecule has 0 saturated heterocycles. The predicted molar refractivity (Wildman–Crippen MR) is 97.7 cm³/mol. The first kappa shape index (κ1) is 20.1. The average Bonchev–Trinajstić information content (AvgIpc) is 2.90. The summed E-state index contributed by atoms with van der Waals surface area (Å²) in [4.78, 5) is 24.5. The second-order valence-electron chi connectivity index (χ2n) is 5.68. The van der Waals surface area contributed by atoms with Crippen molar-refractivity contribution in [1.29, 1.82) is 0 Å². The second-order valence-corrected chi connectivity index (χ2v) is 5.68. The number of hydrogen-bond donors (Lipinski definition) is 1. The van der Waals surface area contributed by atoms with Crippen LogP contribution in [0.25, 0.3) is 0 Å². The van der Waals surface area contributed by atoms with Gasteiger partial charge in [-0.25, -0.2) is 4.79 Å². The Morgan fingerprint density at radius 2 is 1.74 bits per heavy atom. The standard InChI is InChI=1S/C18H23N3O6/c1-10-15(11(2)21(3)20-10)19-14(22)9-27-18(23)12-7-8-13(24-4)17(26-6)16(12)25-5/h7-8H,9H2,1-6H3,(H,19,22). The first-order chi connectivity index (χ1) is 12.8. The zero-order chi connectivity index (χ0) is 20.1. The van der Waals surface area contributed by atoms with Gasteiger partial charge in [0.05, 0.1) is 38.4 Å². The number of aromatic nitrogens is 2. The smallest absolute Gasteiger partial charge is 0.342 e. The highest BCUT2D eigenvalue weighted by atomic mass is 16.5. The summed E-state index contributed by atoms with van der Waals surface area (Å²) in [7, 11) is 6.08. The maximum Gasteiger partial charge on any atom is 0.342 e. The van der Waals surface area contributed by atoms with Gasteiger partial charge >= 0.3 is 5.97 Å². The fourth-order valence-electron chi connectivity index (χ4n) is 2.60. The van der Waals surface area contributed by atoms with Crippen LogP contribution in [0.5, 0.6) is 17.2 Å². The first-order valence-electron chi connectivity index (χ1n) is 8.10. The van der Waals surface area contributed by atoms with Gasteiger partial charge in [0.1, 0.15) is 5.56 Å². The van der Waals surface area contributed by atoms with Gasteiger partial charge < -0.3 is 24.3 Å². The fourth-order valence-corrected chi connectivity index (χ4v) is 2.60. The molecule has 0 aliphatic carbocycles. The van der Waals surface area contributed by atoms with E-state index in [2.05, 4.69) is 10.4 Å². The van der Waals surface area contributed by atoms with Gasteiger partial charge in [-0.1, -0.05) is 0 Å². The number of amides is 1. The summed E-state index contributed by atoms with van der Waals surface area (Å²) in [6.45, 7) is 3.16. The molecule has 0 aliphatic rings. The van der Waals surface area contributed by atoms with Crippen molar-refractivity contribution >= 4 is 17.6 Å². The molecule has 0 saturated carbocycles.